The normalized spacial score (nSPS) is 5.50. The van der Waals surface area contributed by atoms with Gasteiger partial charge in [-0.25, -0.2) is 0 Å². The van der Waals surface area contributed by atoms with Gasteiger partial charge in [0.15, 0.2) is 0 Å². The molecule has 0 heterocycles. The summed E-state index contributed by atoms with van der Waals surface area (Å²) in [4.78, 5) is 0. The smallest absolute Gasteiger partial charge is 0 e. The fourth-order valence-corrected chi connectivity index (χ4v) is 0. The van der Waals surface area contributed by atoms with E-state index in [4.69, 9.17) is 0 Å². The van der Waals surface area contributed by atoms with Crippen LogP contribution >= 0.6 is 37.2 Å². The van der Waals surface area contributed by atoms with Crippen molar-refractivity contribution in [3.05, 3.63) is 0 Å². The molecule has 0 nitrogen and oxygen atoms in total. The molecule has 0 saturated heterocycles. The van der Waals surface area contributed by atoms with E-state index in [0.717, 1.165) is 0 Å². The van der Waals surface area contributed by atoms with Crippen LogP contribution in [0.5, 0.6) is 0 Å². The molecule has 0 aliphatic carbocycles. The van der Waals surface area contributed by atoms with Gasteiger partial charge in [-0.05, 0) is 0 Å². The summed E-state index contributed by atoms with van der Waals surface area (Å²) in [7, 11) is 0. The van der Waals surface area contributed by atoms with Crippen molar-refractivity contribution in [1.29, 1.82) is 0 Å². The van der Waals surface area contributed by atoms with E-state index in [-0.39, 0.29) is 24.4 Å². The van der Waals surface area contributed by atoms with Gasteiger partial charge in [-0.15, -0.1) is 0 Å². The van der Waals surface area contributed by atoms with Gasteiger partial charge >= 0.3 is 50.5 Å². The Bertz CT molecular complexity index is 3.25. The zero-order chi connectivity index (χ0) is 2.71. The second-order valence-electron chi connectivity index (χ2n) is 0.0540. The van der Waals surface area contributed by atoms with E-state index in [1.54, 1.807) is 0 Å². The number of rotatable bonds is 0. The summed E-state index contributed by atoms with van der Waals surface area (Å²) in [5.74, 6) is 0. The molecule has 0 N–H and O–H groups in total. The third kappa shape index (κ3) is 8.89. The third-order valence-corrected chi connectivity index (χ3v) is 0. The van der Waals surface area contributed by atoms with Crippen LogP contribution < -0.4 is 13.3 Å². The Morgan fingerprint density at radius 3 is 1.25 bits per heavy atom. The molecule has 0 saturated carbocycles. The predicted octanol–water partition coefficient (Wildman–Crippen LogP) is -1.61. The topological polar surface area (TPSA) is 0 Å². The van der Waals surface area contributed by atoms with Crippen LogP contribution in [-0.2, 0) is 0 Å². The Morgan fingerprint density at radius 1 is 1.25 bits per heavy atom. The van der Waals surface area contributed by atoms with Gasteiger partial charge in [0.25, 0.3) is 0 Å². The molecule has 0 atom stereocenters. The minimum Gasteiger partial charge on any atom is 0 e. The van der Waals surface area contributed by atoms with Crippen molar-refractivity contribution in [3.63, 3.8) is 0 Å². The Labute approximate surface area is 72.9 Å². The molecule has 0 aliphatic rings. The van der Waals surface area contributed by atoms with Crippen LogP contribution in [0.1, 0.15) is 0 Å². The van der Waals surface area contributed by atoms with Crippen LogP contribution in [0, 0.1) is 0 Å². The summed E-state index contributed by atoms with van der Waals surface area (Å²) in [5, 5.41) is 0. The first-order chi connectivity index (χ1) is 1.41. The van der Waals surface area contributed by atoms with Crippen molar-refractivity contribution in [2.75, 3.05) is 0 Å². The fourth-order valence-electron chi connectivity index (χ4n) is 0. The van der Waals surface area contributed by atoms with Gasteiger partial charge in [-0.1, -0.05) is 0 Å². The summed E-state index contributed by atoms with van der Waals surface area (Å²) in [5.41, 5.74) is 0. The quantitative estimate of drug-likeness (QED) is 0.277. The summed E-state index contributed by atoms with van der Waals surface area (Å²) < 4.78 is 0. The standard InChI is InChI=1S/I3.Sb/c1-3-2;/q-1;. The Balaban J connectivity index is 0. The molecule has 3 radical (unpaired) electrons. The molecule has 0 rings (SSSR count). The Hall–Kier alpha value is 3.01. The van der Waals surface area contributed by atoms with E-state index >= 15 is 0 Å². The Kier molecular flexibility index (Phi) is 23.7. The van der Waals surface area contributed by atoms with Crippen molar-refractivity contribution in [1.82, 2.24) is 0 Å². The third-order valence-electron chi connectivity index (χ3n) is 0. The van der Waals surface area contributed by atoms with Crippen molar-refractivity contribution >= 4 is 61.7 Å². The zero-order valence-corrected chi connectivity index (χ0v) is 10.6. The minimum absolute atomic E-state index is 0. The minimum atomic E-state index is 0. The van der Waals surface area contributed by atoms with E-state index < -0.39 is 0 Å². The molecule has 0 aromatic heterocycles. The summed E-state index contributed by atoms with van der Waals surface area (Å²) in [6.45, 7) is 0. The molecule has 0 aromatic carbocycles. The fraction of sp³-hybridized carbons (Fsp3) is 0. The largest absolute Gasteiger partial charge is 0 e. The van der Waals surface area contributed by atoms with Crippen molar-refractivity contribution in [2.24, 2.45) is 0 Å². The molecule has 27 valence electrons. The molecule has 0 aliphatic heterocycles. The number of hydrogen-bond acceptors (Lipinski definition) is 0. The molecule has 4 heteroatoms. The molecule has 0 amide bonds. The molecule has 0 bridgehead atoms. The first kappa shape index (κ1) is 10.1. The average Bonchev–Trinajstić information content (AvgIpc) is 0.918. The van der Waals surface area contributed by atoms with Gasteiger partial charge in [0.05, 0.1) is 0 Å². The van der Waals surface area contributed by atoms with E-state index in [1.807, 2.05) is 0 Å². The summed E-state index contributed by atoms with van der Waals surface area (Å²) >= 11 is 5.30. The molecular weight excluding hydrogens is 502 g/mol. The van der Waals surface area contributed by atoms with Crippen LogP contribution in [0.4, 0.5) is 0 Å². The van der Waals surface area contributed by atoms with Crippen molar-refractivity contribution in [2.45, 2.75) is 0 Å². The van der Waals surface area contributed by atoms with Crippen molar-refractivity contribution in [3.8, 4) is 0 Å². The average molecular weight is 502 g/mol. The van der Waals surface area contributed by atoms with Crippen molar-refractivity contribution < 1.29 is 13.3 Å². The summed E-state index contributed by atoms with van der Waals surface area (Å²) in [6, 6.07) is 0. The van der Waals surface area contributed by atoms with Gasteiger partial charge in [0, 0.05) is 24.4 Å². The SMILES string of the molecule is I[I-]I.[Sb]. The van der Waals surface area contributed by atoms with Gasteiger partial charge in [0.1, 0.15) is 0 Å². The first-order valence-corrected chi connectivity index (χ1v) is 12.9. The molecule has 0 aromatic rings. The molecule has 4 heavy (non-hydrogen) atoms. The van der Waals surface area contributed by atoms with Gasteiger partial charge in [0.2, 0.25) is 0 Å². The van der Waals surface area contributed by atoms with Crippen LogP contribution in [0.3, 0.4) is 0 Å². The monoisotopic (exact) mass is 502 g/mol. The number of halogens is 3. The maximum atomic E-state index is 2.39. The maximum Gasteiger partial charge on any atom is 0 e. The second-order valence-corrected chi connectivity index (χ2v) is 16.3. The Morgan fingerprint density at radius 2 is 1.25 bits per heavy atom. The number of hydrogen-bond donors (Lipinski definition) is 0. The molecule has 0 fully saturated rings. The van der Waals surface area contributed by atoms with Gasteiger partial charge in [-0.3, -0.25) is 0 Å². The van der Waals surface area contributed by atoms with E-state index in [2.05, 4.69) is 37.2 Å². The van der Waals surface area contributed by atoms with Gasteiger partial charge in [-0.2, -0.15) is 0 Å². The maximum absolute atomic E-state index is 2.39. The zero-order valence-electron chi connectivity index (χ0n) is 1.58. The van der Waals surface area contributed by atoms with Crippen LogP contribution in [0.25, 0.3) is 0 Å². The second kappa shape index (κ2) is 9.38. The first-order valence-electron chi connectivity index (χ1n) is 0.286. The predicted molar refractivity (Wildman–Crippen MR) is 33.8 cm³/mol. The van der Waals surface area contributed by atoms with Crippen LogP contribution in [-0.4, -0.2) is 24.4 Å². The molecule has 0 spiro atoms. The van der Waals surface area contributed by atoms with E-state index in [9.17, 15) is 0 Å². The van der Waals surface area contributed by atoms with Crippen LogP contribution in [0.2, 0.25) is 0 Å². The van der Waals surface area contributed by atoms with E-state index in [0.29, 0.717) is 13.3 Å². The molecular formula is I3Sb-. The molecule has 0 unspecified atom stereocenters. The van der Waals surface area contributed by atoms with Crippen LogP contribution in [0.15, 0.2) is 0 Å². The van der Waals surface area contributed by atoms with E-state index in [1.165, 1.54) is 0 Å². The van der Waals surface area contributed by atoms with Gasteiger partial charge < -0.3 is 0 Å². The summed E-state index contributed by atoms with van der Waals surface area (Å²) in [6.07, 6.45) is 0.